The average molecular weight is 290 g/mol. The molecule has 0 unspecified atom stereocenters. The van der Waals surface area contributed by atoms with Gasteiger partial charge in [-0.25, -0.2) is 4.79 Å². The lowest BCUT2D eigenvalue weighted by atomic mass is 9.96. The number of furan rings is 1. The van der Waals surface area contributed by atoms with Gasteiger partial charge in [-0.2, -0.15) is 0 Å². The molecule has 108 valence electrons. The van der Waals surface area contributed by atoms with Crippen LogP contribution in [0, 0.1) is 0 Å². The van der Waals surface area contributed by atoms with Crippen LogP contribution in [0.2, 0.25) is 0 Å². The quantitative estimate of drug-likeness (QED) is 0.670. The monoisotopic (exact) mass is 290 g/mol. The van der Waals surface area contributed by atoms with Crippen molar-refractivity contribution in [2.24, 2.45) is 0 Å². The van der Waals surface area contributed by atoms with Crippen molar-refractivity contribution in [3.05, 3.63) is 77.1 Å². The molecule has 22 heavy (non-hydrogen) atoms. The highest BCUT2D eigenvalue weighted by molar-refractivity contribution is 6.09. The molecule has 0 N–H and O–H groups in total. The number of esters is 1. The Bertz CT molecular complexity index is 901. The number of carbonyl (C=O) groups excluding carboxylic acids is 1. The second-order valence-corrected chi connectivity index (χ2v) is 5.28. The molecule has 0 spiro atoms. The molecule has 0 radical (unpaired) electrons. The van der Waals surface area contributed by atoms with Gasteiger partial charge in [-0.1, -0.05) is 48.5 Å². The maximum Gasteiger partial charge on any atom is 0.334 e. The van der Waals surface area contributed by atoms with Gasteiger partial charge < -0.3 is 9.15 Å². The SMILES string of the molecule is COC(=O)C1=C(c2ccccc2)c2c(oc3ccccc23)C1. The van der Waals surface area contributed by atoms with Crippen LogP contribution < -0.4 is 0 Å². The molecule has 4 rings (SSSR count). The Kier molecular flexibility index (Phi) is 2.86. The Morgan fingerprint density at radius 1 is 1.05 bits per heavy atom. The molecule has 3 aromatic rings. The van der Waals surface area contributed by atoms with Crippen LogP contribution in [0.1, 0.15) is 16.9 Å². The number of methoxy groups -OCH3 is 1. The van der Waals surface area contributed by atoms with Crippen LogP contribution >= 0.6 is 0 Å². The molecule has 2 aromatic carbocycles. The van der Waals surface area contributed by atoms with E-state index in [9.17, 15) is 4.79 Å². The summed E-state index contributed by atoms with van der Waals surface area (Å²) in [4.78, 5) is 12.2. The average Bonchev–Trinajstić information content (AvgIpc) is 3.10. The molecule has 0 bridgehead atoms. The van der Waals surface area contributed by atoms with Crippen molar-refractivity contribution in [2.45, 2.75) is 6.42 Å². The predicted molar refractivity (Wildman–Crippen MR) is 84.4 cm³/mol. The van der Waals surface area contributed by atoms with E-state index in [1.807, 2.05) is 54.6 Å². The maximum absolute atomic E-state index is 12.2. The van der Waals surface area contributed by atoms with Crippen molar-refractivity contribution in [3.63, 3.8) is 0 Å². The largest absolute Gasteiger partial charge is 0.466 e. The highest BCUT2D eigenvalue weighted by Crippen LogP contribution is 2.43. The zero-order valence-corrected chi connectivity index (χ0v) is 12.1. The Balaban J connectivity index is 2.03. The minimum Gasteiger partial charge on any atom is -0.466 e. The number of fused-ring (bicyclic) bond motifs is 3. The van der Waals surface area contributed by atoms with Crippen molar-refractivity contribution in [1.29, 1.82) is 0 Å². The lowest BCUT2D eigenvalue weighted by molar-refractivity contribution is -0.136. The van der Waals surface area contributed by atoms with Gasteiger partial charge >= 0.3 is 5.97 Å². The maximum atomic E-state index is 12.2. The van der Waals surface area contributed by atoms with Gasteiger partial charge in [0.2, 0.25) is 0 Å². The van der Waals surface area contributed by atoms with E-state index in [0.717, 1.165) is 33.4 Å². The number of carbonyl (C=O) groups is 1. The normalized spacial score (nSPS) is 13.5. The van der Waals surface area contributed by atoms with Gasteiger partial charge in [0.05, 0.1) is 12.7 Å². The van der Waals surface area contributed by atoms with Gasteiger partial charge in [-0.3, -0.25) is 0 Å². The molecule has 3 nitrogen and oxygen atoms in total. The third-order valence-electron chi connectivity index (χ3n) is 4.05. The lowest BCUT2D eigenvalue weighted by Crippen LogP contribution is -2.06. The first-order valence-corrected chi connectivity index (χ1v) is 7.17. The number of para-hydroxylation sites is 1. The van der Waals surface area contributed by atoms with Crippen molar-refractivity contribution < 1.29 is 13.9 Å². The van der Waals surface area contributed by atoms with Crippen molar-refractivity contribution in [2.75, 3.05) is 7.11 Å². The fraction of sp³-hybridized carbons (Fsp3) is 0.105. The molecular weight excluding hydrogens is 276 g/mol. The third kappa shape index (κ3) is 1.79. The summed E-state index contributed by atoms with van der Waals surface area (Å²) < 4.78 is 10.9. The number of benzene rings is 2. The van der Waals surface area contributed by atoms with Crippen molar-refractivity contribution >= 4 is 22.5 Å². The smallest absolute Gasteiger partial charge is 0.334 e. The number of ether oxygens (including phenoxy) is 1. The van der Waals surface area contributed by atoms with Crippen LogP contribution in [0.25, 0.3) is 16.5 Å². The second kappa shape index (κ2) is 4.88. The lowest BCUT2D eigenvalue weighted by Gasteiger charge is -2.07. The molecule has 0 saturated carbocycles. The Hall–Kier alpha value is -2.81. The van der Waals surface area contributed by atoms with Crippen molar-refractivity contribution in [1.82, 2.24) is 0 Å². The number of hydrogen-bond donors (Lipinski definition) is 0. The van der Waals surface area contributed by atoms with E-state index in [4.69, 9.17) is 9.15 Å². The van der Waals surface area contributed by atoms with Gasteiger partial charge in [0.25, 0.3) is 0 Å². The molecule has 0 atom stereocenters. The standard InChI is InChI=1S/C19H14O3/c1-21-19(20)14-11-16-18(13-9-5-6-10-15(13)22-16)17(14)12-7-3-2-4-8-12/h2-10H,11H2,1H3. The fourth-order valence-corrected chi connectivity index (χ4v) is 3.12. The summed E-state index contributed by atoms with van der Waals surface area (Å²) in [6.07, 6.45) is 0.473. The summed E-state index contributed by atoms with van der Waals surface area (Å²) in [6.45, 7) is 0. The summed E-state index contributed by atoms with van der Waals surface area (Å²) in [5.74, 6) is 0.537. The van der Waals surface area contributed by atoms with E-state index >= 15 is 0 Å². The van der Waals surface area contributed by atoms with Gasteiger partial charge in [0.15, 0.2) is 0 Å². The molecule has 0 aliphatic heterocycles. The first-order chi connectivity index (χ1) is 10.8. The number of hydrogen-bond acceptors (Lipinski definition) is 3. The molecule has 1 heterocycles. The topological polar surface area (TPSA) is 39.4 Å². The molecule has 1 aliphatic rings. The Morgan fingerprint density at radius 3 is 2.55 bits per heavy atom. The second-order valence-electron chi connectivity index (χ2n) is 5.28. The van der Waals surface area contributed by atoms with Crippen LogP contribution in [0.3, 0.4) is 0 Å². The van der Waals surface area contributed by atoms with Crippen molar-refractivity contribution in [3.8, 4) is 0 Å². The zero-order chi connectivity index (χ0) is 15.1. The highest BCUT2D eigenvalue weighted by Gasteiger charge is 2.32. The van der Waals surface area contributed by atoms with Gasteiger partial charge in [0.1, 0.15) is 11.3 Å². The van der Waals surface area contributed by atoms with E-state index in [0.29, 0.717) is 12.0 Å². The number of rotatable bonds is 2. The van der Waals surface area contributed by atoms with Crippen LogP contribution in [0.4, 0.5) is 0 Å². The molecule has 3 heteroatoms. The third-order valence-corrected chi connectivity index (χ3v) is 4.05. The summed E-state index contributed by atoms with van der Waals surface area (Å²) in [5.41, 5.74) is 4.46. The molecular formula is C19H14O3. The zero-order valence-electron chi connectivity index (χ0n) is 12.1. The first kappa shape index (κ1) is 12.9. The fourth-order valence-electron chi connectivity index (χ4n) is 3.12. The Labute approximate surface area is 127 Å². The summed E-state index contributed by atoms with van der Waals surface area (Å²) in [5, 5.41) is 1.04. The predicted octanol–water partition coefficient (Wildman–Crippen LogP) is 3.96. The summed E-state index contributed by atoms with van der Waals surface area (Å²) in [6, 6.07) is 17.8. The van der Waals surface area contributed by atoms with Crippen LogP contribution in [-0.2, 0) is 16.0 Å². The van der Waals surface area contributed by atoms with Gasteiger partial charge in [-0.15, -0.1) is 0 Å². The first-order valence-electron chi connectivity index (χ1n) is 7.17. The summed E-state index contributed by atoms with van der Waals surface area (Å²) in [7, 11) is 1.41. The van der Waals surface area contributed by atoms with E-state index in [-0.39, 0.29) is 5.97 Å². The molecule has 0 amide bonds. The van der Waals surface area contributed by atoms with Crippen LogP contribution in [0.15, 0.2) is 64.6 Å². The van der Waals surface area contributed by atoms with E-state index in [1.54, 1.807) is 0 Å². The van der Waals surface area contributed by atoms with E-state index < -0.39 is 0 Å². The van der Waals surface area contributed by atoms with E-state index in [1.165, 1.54) is 7.11 Å². The highest BCUT2D eigenvalue weighted by atomic mass is 16.5. The minimum absolute atomic E-state index is 0.297. The van der Waals surface area contributed by atoms with Crippen LogP contribution in [-0.4, -0.2) is 13.1 Å². The molecule has 1 aromatic heterocycles. The molecule has 1 aliphatic carbocycles. The van der Waals surface area contributed by atoms with Gasteiger partial charge in [0, 0.05) is 22.9 Å². The molecule has 0 saturated heterocycles. The van der Waals surface area contributed by atoms with E-state index in [2.05, 4.69) is 0 Å². The van der Waals surface area contributed by atoms with Crippen LogP contribution in [0.5, 0.6) is 0 Å². The Morgan fingerprint density at radius 2 is 1.77 bits per heavy atom. The minimum atomic E-state index is -0.297. The van der Waals surface area contributed by atoms with Gasteiger partial charge in [-0.05, 0) is 11.6 Å². The molecule has 0 fully saturated rings. The summed E-state index contributed by atoms with van der Waals surface area (Å²) >= 11 is 0.